The Labute approximate surface area is 144 Å². The summed E-state index contributed by atoms with van der Waals surface area (Å²) >= 11 is 0. The highest BCUT2D eigenvalue weighted by molar-refractivity contribution is 5.89. The van der Waals surface area contributed by atoms with Crippen LogP contribution < -0.4 is 21.3 Å². The van der Waals surface area contributed by atoms with Crippen molar-refractivity contribution in [1.29, 1.82) is 0 Å². The number of rotatable bonds is 7. The molecule has 0 radical (unpaired) electrons. The zero-order chi connectivity index (χ0) is 18.2. The number of carbonyl (C=O) groups excluding carboxylic acids is 1. The highest BCUT2D eigenvalue weighted by atomic mass is 19.1. The molecule has 0 atom stereocenters. The Morgan fingerprint density at radius 2 is 1.92 bits per heavy atom. The topological polar surface area (TPSA) is 91.0 Å². The SMILES string of the molecule is CCNc1cc(C)nc(NCCNC(=O)Nc2cc(F)ccc2F)n1. The van der Waals surface area contributed by atoms with E-state index in [2.05, 4.69) is 31.2 Å². The quantitative estimate of drug-likeness (QED) is 0.577. The molecule has 2 aromatic rings. The lowest BCUT2D eigenvalue weighted by molar-refractivity contribution is 0.252. The molecule has 1 aromatic carbocycles. The van der Waals surface area contributed by atoms with Gasteiger partial charge in [-0.15, -0.1) is 0 Å². The Morgan fingerprint density at radius 1 is 1.12 bits per heavy atom. The lowest BCUT2D eigenvalue weighted by Gasteiger charge is -2.10. The predicted molar refractivity (Wildman–Crippen MR) is 92.8 cm³/mol. The van der Waals surface area contributed by atoms with E-state index in [-0.39, 0.29) is 12.2 Å². The van der Waals surface area contributed by atoms with E-state index >= 15 is 0 Å². The van der Waals surface area contributed by atoms with E-state index < -0.39 is 17.7 Å². The average Bonchev–Trinajstić information content (AvgIpc) is 2.55. The highest BCUT2D eigenvalue weighted by Gasteiger charge is 2.07. The monoisotopic (exact) mass is 350 g/mol. The normalized spacial score (nSPS) is 10.2. The van der Waals surface area contributed by atoms with Gasteiger partial charge in [0.2, 0.25) is 5.95 Å². The summed E-state index contributed by atoms with van der Waals surface area (Å²) in [6, 6.07) is 4.03. The first kappa shape index (κ1) is 18.4. The zero-order valence-corrected chi connectivity index (χ0v) is 14.0. The molecule has 4 N–H and O–H groups in total. The van der Waals surface area contributed by atoms with E-state index in [1.165, 1.54) is 0 Å². The number of aryl methyl sites for hydroxylation is 1. The van der Waals surface area contributed by atoms with Crippen LogP contribution in [0.15, 0.2) is 24.3 Å². The number of amides is 2. The number of nitrogens with one attached hydrogen (secondary N) is 4. The van der Waals surface area contributed by atoms with Gasteiger partial charge in [-0.3, -0.25) is 0 Å². The van der Waals surface area contributed by atoms with Gasteiger partial charge in [0.05, 0.1) is 5.69 Å². The van der Waals surface area contributed by atoms with Gasteiger partial charge in [-0.05, 0) is 26.0 Å². The van der Waals surface area contributed by atoms with Crippen molar-refractivity contribution in [3.8, 4) is 0 Å². The Hall–Kier alpha value is -2.97. The van der Waals surface area contributed by atoms with Crippen molar-refractivity contribution in [2.75, 3.05) is 35.6 Å². The maximum absolute atomic E-state index is 13.4. The summed E-state index contributed by atoms with van der Waals surface area (Å²) in [5.41, 5.74) is 0.587. The van der Waals surface area contributed by atoms with Gasteiger partial charge in [-0.1, -0.05) is 0 Å². The summed E-state index contributed by atoms with van der Waals surface area (Å²) in [5, 5.41) is 10.9. The molecule has 25 heavy (non-hydrogen) atoms. The minimum atomic E-state index is -0.709. The third-order valence-electron chi connectivity index (χ3n) is 3.08. The predicted octanol–water partition coefficient (Wildman–Crippen LogP) is 2.73. The van der Waals surface area contributed by atoms with E-state index in [1.54, 1.807) is 0 Å². The molecule has 9 heteroatoms. The van der Waals surface area contributed by atoms with Crippen LogP contribution in [0.25, 0.3) is 0 Å². The second-order valence-electron chi connectivity index (χ2n) is 5.18. The summed E-state index contributed by atoms with van der Waals surface area (Å²) in [5.74, 6) is -0.190. The Morgan fingerprint density at radius 3 is 2.68 bits per heavy atom. The second-order valence-corrected chi connectivity index (χ2v) is 5.18. The van der Waals surface area contributed by atoms with Crippen LogP contribution >= 0.6 is 0 Å². The summed E-state index contributed by atoms with van der Waals surface area (Å²) in [7, 11) is 0. The van der Waals surface area contributed by atoms with Gasteiger partial charge in [-0.25, -0.2) is 18.6 Å². The lowest BCUT2D eigenvalue weighted by atomic mass is 10.3. The molecule has 0 aliphatic heterocycles. The van der Waals surface area contributed by atoms with Crippen molar-refractivity contribution < 1.29 is 13.6 Å². The number of carbonyl (C=O) groups is 1. The van der Waals surface area contributed by atoms with E-state index in [0.29, 0.717) is 18.3 Å². The van der Waals surface area contributed by atoms with Crippen LogP contribution in [0.3, 0.4) is 0 Å². The molecule has 0 bridgehead atoms. The van der Waals surface area contributed by atoms with E-state index in [1.807, 2.05) is 19.9 Å². The van der Waals surface area contributed by atoms with Gasteiger partial charge in [0.25, 0.3) is 0 Å². The first-order valence-corrected chi connectivity index (χ1v) is 7.81. The number of hydrogen-bond acceptors (Lipinski definition) is 5. The highest BCUT2D eigenvalue weighted by Crippen LogP contribution is 2.14. The molecule has 1 heterocycles. The molecule has 0 aliphatic carbocycles. The fourth-order valence-corrected chi connectivity index (χ4v) is 2.03. The molecule has 0 fully saturated rings. The molecule has 0 unspecified atom stereocenters. The Kier molecular flexibility index (Phi) is 6.44. The van der Waals surface area contributed by atoms with Crippen molar-refractivity contribution in [1.82, 2.24) is 15.3 Å². The fraction of sp³-hybridized carbons (Fsp3) is 0.312. The number of benzene rings is 1. The van der Waals surface area contributed by atoms with Crippen molar-refractivity contribution in [2.24, 2.45) is 0 Å². The Bertz CT molecular complexity index is 741. The van der Waals surface area contributed by atoms with Gasteiger partial charge >= 0.3 is 6.03 Å². The standard InChI is InChI=1S/C16H20F2N6O/c1-3-19-14-8-10(2)22-15(24-14)20-6-7-21-16(25)23-13-9-11(17)4-5-12(13)18/h4-5,8-9H,3,6-7H2,1-2H3,(H2,21,23,25)(H2,19,20,22,24). The average molecular weight is 350 g/mol. The molecule has 0 spiro atoms. The van der Waals surface area contributed by atoms with Gasteiger partial charge in [-0.2, -0.15) is 4.98 Å². The van der Waals surface area contributed by atoms with Crippen LogP contribution in [0.2, 0.25) is 0 Å². The summed E-state index contributed by atoms with van der Waals surface area (Å²) in [4.78, 5) is 20.2. The van der Waals surface area contributed by atoms with Gasteiger partial charge in [0.15, 0.2) is 0 Å². The van der Waals surface area contributed by atoms with Crippen LogP contribution in [-0.4, -0.2) is 35.6 Å². The van der Waals surface area contributed by atoms with Crippen LogP contribution in [0.4, 0.5) is 31.0 Å². The first-order chi connectivity index (χ1) is 12.0. The zero-order valence-electron chi connectivity index (χ0n) is 14.0. The lowest BCUT2D eigenvalue weighted by Crippen LogP contribution is -2.33. The molecule has 7 nitrogen and oxygen atoms in total. The van der Waals surface area contributed by atoms with Crippen molar-refractivity contribution >= 4 is 23.5 Å². The molecule has 1 aromatic heterocycles. The number of urea groups is 1. The van der Waals surface area contributed by atoms with Gasteiger partial charge in [0.1, 0.15) is 17.5 Å². The smallest absolute Gasteiger partial charge is 0.319 e. The number of aromatic nitrogens is 2. The maximum Gasteiger partial charge on any atom is 0.319 e. The Balaban J connectivity index is 1.79. The number of halogens is 2. The summed E-state index contributed by atoms with van der Waals surface area (Å²) in [6.45, 7) is 5.18. The molecular formula is C16H20F2N6O. The van der Waals surface area contributed by atoms with Crippen LogP contribution in [-0.2, 0) is 0 Å². The van der Waals surface area contributed by atoms with Crippen molar-refractivity contribution in [3.05, 3.63) is 41.6 Å². The van der Waals surface area contributed by atoms with Crippen molar-refractivity contribution in [2.45, 2.75) is 13.8 Å². The minimum absolute atomic E-state index is 0.220. The summed E-state index contributed by atoms with van der Waals surface area (Å²) in [6.07, 6.45) is 0. The van der Waals surface area contributed by atoms with E-state index in [9.17, 15) is 13.6 Å². The number of hydrogen-bond donors (Lipinski definition) is 4. The van der Waals surface area contributed by atoms with Crippen LogP contribution in [0.1, 0.15) is 12.6 Å². The molecule has 0 saturated heterocycles. The summed E-state index contributed by atoms with van der Waals surface area (Å²) < 4.78 is 26.5. The fourth-order valence-electron chi connectivity index (χ4n) is 2.03. The molecule has 0 saturated carbocycles. The maximum atomic E-state index is 13.4. The van der Waals surface area contributed by atoms with Crippen LogP contribution in [0.5, 0.6) is 0 Å². The molecular weight excluding hydrogens is 330 g/mol. The molecule has 134 valence electrons. The van der Waals surface area contributed by atoms with Crippen molar-refractivity contribution in [3.63, 3.8) is 0 Å². The minimum Gasteiger partial charge on any atom is -0.370 e. The third-order valence-corrected chi connectivity index (χ3v) is 3.08. The van der Waals surface area contributed by atoms with Gasteiger partial charge < -0.3 is 21.3 Å². The van der Waals surface area contributed by atoms with E-state index in [4.69, 9.17) is 0 Å². The number of anilines is 3. The third kappa shape index (κ3) is 5.87. The first-order valence-electron chi connectivity index (χ1n) is 7.81. The van der Waals surface area contributed by atoms with Gasteiger partial charge in [0, 0.05) is 37.5 Å². The molecule has 2 amide bonds. The number of nitrogens with zero attached hydrogens (tertiary/aromatic N) is 2. The molecule has 0 aliphatic rings. The largest absolute Gasteiger partial charge is 0.370 e. The van der Waals surface area contributed by atoms with E-state index in [0.717, 1.165) is 30.4 Å². The second kappa shape index (κ2) is 8.76. The van der Waals surface area contributed by atoms with Crippen LogP contribution in [0, 0.1) is 18.6 Å². The molecule has 2 rings (SSSR count).